The van der Waals surface area contributed by atoms with Gasteiger partial charge in [0.1, 0.15) is 12.4 Å². The van der Waals surface area contributed by atoms with E-state index in [1.165, 1.54) is 19.2 Å². The summed E-state index contributed by atoms with van der Waals surface area (Å²) in [7, 11) is 3.41. The van der Waals surface area contributed by atoms with Crippen LogP contribution in [0.3, 0.4) is 0 Å². The van der Waals surface area contributed by atoms with E-state index in [9.17, 15) is 0 Å². The van der Waals surface area contributed by atoms with Gasteiger partial charge in [-0.3, -0.25) is 0 Å². The van der Waals surface area contributed by atoms with Gasteiger partial charge >= 0.3 is 0 Å². The molecule has 0 atom stereocenters. The van der Waals surface area contributed by atoms with E-state index in [1.54, 1.807) is 14.2 Å². The Labute approximate surface area is 114 Å². The quantitative estimate of drug-likeness (QED) is 0.907. The maximum Gasteiger partial charge on any atom is 0.262 e. The number of aromatic nitrogens is 2. The summed E-state index contributed by atoms with van der Waals surface area (Å²) in [5, 5.41) is 2.98. The first kappa shape index (κ1) is 13.9. The summed E-state index contributed by atoms with van der Waals surface area (Å²) in [5.41, 5.74) is 0.436. The highest BCUT2D eigenvalue weighted by atomic mass is 16.5. The van der Waals surface area contributed by atoms with E-state index in [0.29, 0.717) is 22.9 Å². The van der Waals surface area contributed by atoms with E-state index in [2.05, 4.69) is 29.1 Å². The number of hydrogen-bond donors (Lipinski definition) is 1. The molecule has 0 spiro atoms. The molecule has 1 fully saturated rings. The molecule has 19 heavy (non-hydrogen) atoms. The molecule has 1 heterocycles. The van der Waals surface area contributed by atoms with Crippen LogP contribution in [-0.4, -0.2) is 30.2 Å². The lowest BCUT2D eigenvalue weighted by Crippen LogP contribution is -2.28. The second-order valence-corrected chi connectivity index (χ2v) is 5.79. The van der Waals surface area contributed by atoms with Crippen LogP contribution in [0.5, 0.6) is 11.6 Å². The van der Waals surface area contributed by atoms with Crippen LogP contribution < -0.4 is 14.8 Å². The molecule has 0 bridgehead atoms. The molecule has 106 valence electrons. The van der Waals surface area contributed by atoms with Gasteiger partial charge in [0.2, 0.25) is 5.75 Å². The molecule has 1 aliphatic rings. The minimum atomic E-state index is 0.224. The fourth-order valence-electron chi connectivity index (χ4n) is 2.45. The molecule has 0 amide bonds. The summed E-state index contributed by atoms with van der Waals surface area (Å²) in [6.07, 6.45) is 6.22. The minimum absolute atomic E-state index is 0.224. The van der Waals surface area contributed by atoms with E-state index in [1.807, 2.05) is 0 Å². The van der Waals surface area contributed by atoms with Gasteiger partial charge < -0.3 is 14.8 Å². The zero-order chi connectivity index (χ0) is 13.9. The molecule has 0 saturated heterocycles. The number of nitrogens with zero attached hydrogens (tertiary/aromatic N) is 2. The van der Waals surface area contributed by atoms with Gasteiger partial charge in [-0.05, 0) is 31.1 Å². The molecule has 0 aliphatic heterocycles. The summed E-state index contributed by atoms with van der Waals surface area (Å²) >= 11 is 0. The SMILES string of the molecule is CNc1ncnc(OC2CCC(C)(C)CC2)c1OC. The molecule has 0 aromatic carbocycles. The third-order valence-corrected chi connectivity index (χ3v) is 3.78. The Balaban J connectivity index is 2.07. The van der Waals surface area contributed by atoms with E-state index in [-0.39, 0.29) is 6.10 Å². The second-order valence-electron chi connectivity index (χ2n) is 5.79. The number of anilines is 1. The number of ether oxygens (including phenoxy) is 2. The van der Waals surface area contributed by atoms with Gasteiger partial charge in [0.15, 0.2) is 5.82 Å². The molecule has 5 heteroatoms. The van der Waals surface area contributed by atoms with Crippen molar-refractivity contribution in [2.45, 2.75) is 45.6 Å². The maximum absolute atomic E-state index is 6.00. The first-order valence-electron chi connectivity index (χ1n) is 6.79. The predicted octanol–water partition coefficient (Wildman–Crippen LogP) is 2.87. The Morgan fingerprint density at radius 2 is 1.95 bits per heavy atom. The number of nitrogens with one attached hydrogen (secondary N) is 1. The summed E-state index contributed by atoms with van der Waals surface area (Å²) < 4.78 is 11.3. The topological polar surface area (TPSA) is 56.3 Å². The highest BCUT2D eigenvalue weighted by Crippen LogP contribution is 2.38. The Bertz CT molecular complexity index is 425. The Hall–Kier alpha value is -1.52. The summed E-state index contributed by atoms with van der Waals surface area (Å²) in [6.45, 7) is 4.63. The molecule has 1 saturated carbocycles. The first-order valence-corrected chi connectivity index (χ1v) is 6.79. The van der Waals surface area contributed by atoms with E-state index < -0.39 is 0 Å². The Morgan fingerprint density at radius 3 is 2.53 bits per heavy atom. The molecule has 5 nitrogen and oxygen atoms in total. The minimum Gasteiger partial charge on any atom is -0.489 e. The zero-order valence-electron chi connectivity index (χ0n) is 12.2. The fourth-order valence-corrected chi connectivity index (χ4v) is 2.45. The lowest BCUT2D eigenvalue weighted by atomic mass is 9.76. The van der Waals surface area contributed by atoms with Gasteiger partial charge in [0.25, 0.3) is 5.88 Å². The predicted molar refractivity (Wildman–Crippen MR) is 74.8 cm³/mol. The van der Waals surface area contributed by atoms with Crippen LogP contribution in [0.1, 0.15) is 39.5 Å². The van der Waals surface area contributed by atoms with Crippen LogP contribution in [0.15, 0.2) is 6.33 Å². The highest BCUT2D eigenvalue weighted by molar-refractivity contribution is 5.54. The zero-order valence-corrected chi connectivity index (χ0v) is 12.2. The van der Waals surface area contributed by atoms with Gasteiger partial charge in [-0.15, -0.1) is 0 Å². The molecule has 1 aromatic rings. The van der Waals surface area contributed by atoms with Gasteiger partial charge in [-0.25, -0.2) is 4.98 Å². The van der Waals surface area contributed by atoms with Crippen molar-refractivity contribution in [3.63, 3.8) is 0 Å². The molecule has 1 aliphatic carbocycles. The van der Waals surface area contributed by atoms with E-state index in [4.69, 9.17) is 9.47 Å². The van der Waals surface area contributed by atoms with Crippen molar-refractivity contribution >= 4 is 5.82 Å². The van der Waals surface area contributed by atoms with E-state index >= 15 is 0 Å². The van der Waals surface area contributed by atoms with Crippen LogP contribution in [0.25, 0.3) is 0 Å². The second kappa shape index (κ2) is 5.63. The standard InChI is InChI=1S/C14H23N3O2/c1-14(2)7-5-10(6-8-14)19-13-11(18-4)12(15-3)16-9-17-13/h9-10H,5-8H2,1-4H3,(H,15,16,17). The van der Waals surface area contributed by atoms with Crippen molar-refractivity contribution in [1.82, 2.24) is 9.97 Å². The van der Waals surface area contributed by atoms with Crippen LogP contribution in [0, 0.1) is 5.41 Å². The molecular formula is C14H23N3O2. The van der Waals surface area contributed by atoms with Crippen molar-refractivity contribution in [2.24, 2.45) is 5.41 Å². The third-order valence-electron chi connectivity index (χ3n) is 3.78. The van der Waals surface area contributed by atoms with Gasteiger partial charge in [0.05, 0.1) is 7.11 Å². The maximum atomic E-state index is 6.00. The Morgan fingerprint density at radius 1 is 1.26 bits per heavy atom. The highest BCUT2D eigenvalue weighted by Gasteiger charge is 2.29. The smallest absolute Gasteiger partial charge is 0.262 e. The number of rotatable bonds is 4. The largest absolute Gasteiger partial charge is 0.489 e. The molecule has 1 aromatic heterocycles. The summed E-state index contributed by atoms with van der Waals surface area (Å²) in [4.78, 5) is 8.31. The lowest BCUT2D eigenvalue weighted by Gasteiger charge is -2.34. The van der Waals surface area contributed by atoms with Crippen LogP contribution in [0.2, 0.25) is 0 Å². The van der Waals surface area contributed by atoms with E-state index in [0.717, 1.165) is 12.8 Å². The monoisotopic (exact) mass is 265 g/mol. The summed E-state index contributed by atoms with van der Waals surface area (Å²) in [5.74, 6) is 1.77. The first-order chi connectivity index (χ1) is 9.05. The van der Waals surface area contributed by atoms with Gasteiger partial charge in [-0.2, -0.15) is 4.98 Å². The van der Waals surface area contributed by atoms with Crippen molar-refractivity contribution in [2.75, 3.05) is 19.5 Å². The number of hydrogen-bond acceptors (Lipinski definition) is 5. The van der Waals surface area contributed by atoms with Gasteiger partial charge in [-0.1, -0.05) is 13.8 Å². The summed E-state index contributed by atoms with van der Waals surface area (Å²) in [6, 6.07) is 0. The average molecular weight is 265 g/mol. The molecule has 1 N–H and O–H groups in total. The molecular weight excluding hydrogens is 242 g/mol. The van der Waals surface area contributed by atoms with Crippen molar-refractivity contribution in [3.8, 4) is 11.6 Å². The van der Waals surface area contributed by atoms with Crippen LogP contribution >= 0.6 is 0 Å². The van der Waals surface area contributed by atoms with Crippen molar-refractivity contribution in [1.29, 1.82) is 0 Å². The lowest BCUT2D eigenvalue weighted by molar-refractivity contribution is 0.0919. The normalized spacial score (nSPS) is 18.9. The molecule has 0 unspecified atom stereocenters. The average Bonchev–Trinajstić information content (AvgIpc) is 2.40. The van der Waals surface area contributed by atoms with Crippen LogP contribution in [-0.2, 0) is 0 Å². The Kier molecular flexibility index (Phi) is 4.12. The molecule has 2 rings (SSSR count). The number of methoxy groups -OCH3 is 1. The van der Waals surface area contributed by atoms with Crippen LogP contribution in [0.4, 0.5) is 5.82 Å². The third kappa shape index (κ3) is 3.28. The van der Waals surface area contributed by atoms with Crippen molar-refractivity contribution in [3.05, 3.63) is 6.33 Å². The fraction of sp³-hybridized carbons (Fsp3) is 0.714. The van der Waals surface area contributed by atoms with Crippen molar-refractivity contribution < 1.29 is 9.47 Å². The van der Waals surface area contributed by atoms with Gasteiger partial charge in [0, 0.05) is 7.05 Å². The molecule has 0 radical (unpaired) electrons.